The van der Waals surface area contributed by atoms with Crippen LogP contribution < -0.4 is 0 Å². The van der Waals surface area contributed by atoms with Crippen molar-refractivity contribution in [2.45, 2.75) is 81.7 Å². The molecule has 46 heavy (non-hydrogen) atoms. The van der Waals surface area contributed by atoms with Crippen molar-refractivity contribution < 1.29 is 39.6 Å². The molecule has 3 aliphatic carbocycles. The van der Waals surface area contributed by atoms with Crippen molar-refractivity contribution in [3.8, 4) is 23.0 Å². The summed E-state index contributed by atoms with van der Waals surface area (Å²) < 4.78 is 0. The highest BCUT2D eigenvalue weighted by Crippen LogP contribution is 2.59. The molecule has 2 fully saturated rings. The van der Waals surface area contributed by atoms with E-state index < -0.39 is 5.41 Å². The first-order chi connectivity index (χ1) is 22.0. The zero-order valence-corrected chi connectivity index (χ0v) is 26.7. The lowest BCUT2D eigenvalue weighted by Crippen LogP contribution is -2.61. The zero-order valence-electron chi connectivity index (χ0n) is 25.2. The van der Waals surface area contributed by atoms with E-state index in [4.69, 9.17) is 23.2 Å². The van der Waals surface area contributed by atoms with Gasteiger partial charge in [-0.1, -0.05) is 28.8 Å². The molecule has 0 radical (unpaired) electrons. The Balaban J connectivity index is 0.000000162. The van der Waals surface area contributed by atoms with Gasteiger partial charge >= 0.3 is 0 Å². The first-order valence-corrected chi connectivity index (χ1v) is 16.3. The second-order valence-electron chi connectivity index (χ2n) is 13.1. The minimum atomic E-state index is -0.514. The molecule has 10 nitrogen and oxygen atoms in total. The summed E-state index contributed by atoms with van der Waals surface area (Å²) in [4.78, 5) is 50.3. The predicted octanol–water partition coefficient (Wildman–Crippen LogP) is 4.72. The Hall–Kier alpha value is -3.76. The lowest BCUT2D eigenvalue weighted by Gasteiger charge is -2.57. The lowest BCUT2D eigenvalue weighted by molar-refractivity contribution is -0.132. The number of nitrogens with zero attached hydrogens (tertiary/aromatic N) is 2. The smallest absolute Gasteiger partial charge is 0.210 e. The highest BCUT2D eigenvalue weighted by atomic mass is 35.5. The number of hydrogen-bond acceptors (Lipinski definition) is 8. The molecule has 2 amide bonds. The number of benzene rings is 2. The predicted molar refractivity (Wildman–Crippen MR) is 169 cm³/mol. The Bertz CT molecular complexity index is 1660. The molecule has 7 rings (SSSR count). The number of likely N-dealkylation sites (tertiary alicyclic amines) is 1. The third-order valence-electron chi connectivity index (χ3n) is 10.7. The number of ketones is 2. The number of carbonyl (C=O) groups excluding carboxylic acids is 4. The maximum atomic E-state index is 12.2. The van der Waals surface area contributed by atoms with Gasteiger partial charge in [-0.15, -0.1) is 0 Å². The maximum Gasteiger partial charge on any atom is 0.210 e. The van der Waals surface area contributed by atoms with Crippen LogP contribution in [0.15, 0.2) is 29.3 Å². The number of phenolic OH excluding ortho intramolecular Hbond substituents is 4. The van der Waals surface area contributed by atoms with Gasteiger partial charge < -0.3 is 30.2 Å². The summed E-state index contributed by atoms with van der Waals surface area (Å²) in [6.45, 7) is 1.14. The van der Waals surface area contributed by atoms with Crippen LogP contribution >= 0.6 is 23.2 Å². The fraction of sp³-hybridized carbons (Fsp3) is 0.471. The quantitative estimate of drug-likeness (QED) is 0.207. The number of carbonyl (C=O) groups is 4. The number of phenols is 4. The van der Waals surface area contributed by atoms with E-state index in [1.165, 1.54) is 18.2 Å². The van der Waals surface area contributed by atoms with Crippen LogP contribution in [0.3, 0.4) is 0 Å². The topological polar surface area (TPSA) is 156 Å². The number of piperidine rings is 1. The Kier molecular flexibility index (Phi) is 8.71. The molecule has 2 aromatic carbocycles. The van der Waals surface area contributed by atoms with Crippen LogP contribution in [0, 0.1) is 5.92 Å². The van der Waals surface area contributed by atoms with Crippen molar-refractivity contribution in [1.29, 1.82) is 0 Å². The van der Waals surface area contributed by atoms with Gasteiger partial charge in [-0.25, -0.2) is 0 Å². The van der Waals surface area contributed by atoms with Crippen molar-refractivity contribution in [2.75, 3.05) is 13.1 Å². The average Bonchev–Trinajstić information content (AvgIpc) is 3.02. The van der Waals surface area contributed by atoms with E-state index in [2.05, 4.69) is 0 Å². The van der Waals surface area contributed by atoms with E-state index in [1.807, 2.05) is 4.90 Å². The van der Waals surface area contributed by atoms with E-state index >= 15 is 0 Å². The molecular formula is C34H36Cl2N2O8. The van der Waals surface area contributed by atoms with Crippen LogP contribution in [0.1, 0.15) is 68.1 Å². The number of rotatable bonds is 4. The van der Waals surface area contributed by atoms with E-state index in [9.17, 15) is 39.6 Å². The first-order valence-electron chi connectivity index (χ1n) is 15.6. The third-order valence-corrected chi connectivity index (χ3v) is 11.4. The van der Waals surface area contributed by atoms with E-state index in [0.29, 0.717) is 92.0 Å². The van der Waals surface area contributed by atoms with Gasteiger partial charge in [-0.3, -0.25) is 19.2 Å². The number of Topliss-reactive ketones (excluding diaryl/α,β-unsaturated/α-hetero) is 2. The van der Waals surface area contributed by atoms with Gasteiger partial charge in [0.1, 0.15) is 11.6 Å². The molecule has 0 aromatic heterocycles. The standard InChI is InChI=1S/2C17H18ClNO4/c18-12-6-14(22)16(23)15-10(12)5-13-11-2-1-9(21)7-17(11,15)3-4-19(13)8-20;18-14-8-17(23)16(22)7-11(14)6-15-13-2-1-12(21)5-10(13)3-4-19(15)9-20/h6,8,11,13,22-23H,1-5,7H2;7-9,15,22-23H,1-6H2. The summed E-state index contributed by atoms with van der Waals surface area (Å²) in [6, 6.07) is 3.94. The fourth-order valence-electron chi connectivity index (χ4n) is 8.61. The van der Waals surface area contributed by atoms with E-state index in [0.717, 1.165) is 36.0 Å². The van der Waals surface area contributed by atoms with Crippen molar-refractivity contribution in [3.63, 3.8) is 0 Å². The summed E-state index contributed by atoms with van der Waals surface area (Å²) in [5.41, 5.74) is 3.85. The second kappa shape index (κ2) is 12.4. The molecule has 244 valence electrons. The number of hydrogen-bond donors (Lipinski definition) is 4. The van der Waals surface area contributed by atoms with Crippen molar-refractivity contribution in [2.24, 2.45) is 5.92 Å². The van der Waals surface area contributed by atoms with Crippen molar-refractivity contribution in [3.05, 3.63) is 56.1 Å². The molecular weight excluding hydrogens is 635 g/mol. The summed E-state index contributed by atoms with van der Waals surface area (Å²) in [7, 11) is 0. The van der Waals surface area contributed by atoms with Crippen LogP contribution in [-0.2, 0) is 37.4 Å². The first kappa shape index (κ1) is 32.2. The van der Waals surface area contributed by atoms with E-state index in [1.54, 1.807) is 4.90 Å². The molecule has 2 bridgehead atoms. The van der Waals surface area contributed by atoms with Gasteiger partial charge in [0, 0.05) is 78.0 Å². The Labute approximate surface area is 276 Å². The summed E-state index contributed by atoms with van der Waals surface area (Å²) in [5.74, 6) is -0.342. The van der Waals surface area contributed by atoms with Crippen molar-refractivity contribution in [1.82, 2.24) is 9.80 Å². The molecule has 5 aliphatic rings. The molecule has 12 heteroatoms. The lowest BCUT2D eigenvalue weighted by atomic mass is 9.52. The molecule has 2 aromatic rings. The molecule has 2 aliphatic heterocycles. The minimum Gasteiger partial charge on any atom is -0.504 e. The molecule has 1 saturated carbocycles. The summed E-state index contributed by atoms with van der Waals surface area (Å²) in [6.07, 6.45) is 7.31. The van der Waals surface area contributed by atoms with Crippen LogP contribution in [0.2, 0.25) is 10.0 Å². The Morgan fingerprint density at radius 3 is 2.30 bits per heavy atom. The largest absolute Gasteiger partial charge is 0.504 e. The SMILES string of the molecule is O=CN1CCC23CC(=O)CCC2C1Cc1c(Cl)cc(O)c(O)c13.O=CN1CCC2=C(CCC(=O)C2)C1Cc1cc(O)c(O)cc1Cl. The average molecular weight is 672 g/mol. The molecule has 4 unspecified atom stereocenters. The number of amides is 2. The highest BCUT2D eigenvalue weighted by molar-refractivity contribution is 6.32. The highest BCUT2D eigenvalue weighted by Gasteiger charge is 2.57. The maximum absolute atomic E-state index is 12.2. The summed E-state index contributed by atoms with van der Waals surface area (Å²) >= 11 is 12.5. The number of fused-ring (bicyclic) bond motifs is 1. The Morgan fingerprint density at radius 1 is 0.848 bits per heavy atom. The van der Waals surface area contributed by atoms with Crippen LogP contribution in [-0.4, -0.2) is 79.8 Å². The normalized spacial score (nSPS) is 26.8. The van der Waals surface area contributed by atoms with Gasteiger partial charge in [-0.2, -0.15) is 0 Å². The fourth-order valence-corrected chi connectivity index (χ4v) is 9.12. The van der Waals surface area contributed by atoms with Crippen LogP contribution in [0.25, 0.3) is 0 Å². The van der Waals surface area contributed by atoms with Gasteiger partial charge in [0.05, 0.1) is 6.04 Å². The molecule has 0 spiro atoms. The van der Waals surface area contributed by atoms with Crippen LogP contribution in [0.5, 0.6) is 23.0 Å². The second-order valence-corrected chi connectivity index (χ2v) is 13.9. The molecule has 2 heterocycles. The van der Waals surface area contributed by atoms with E-state index in [-0.39, 0.29) is 52.6 Å². The van der Waals surface area contributed by atoms with Gasteiger partial charge in [0.15, 0.2) is 23.0 Å². The van der Waals surface area contributed by atoms with Gasteiger partial charge in [0.25, 0.3) is 0 Å². The summed E-state index contributed by atoms with van der Waals surface area (Å²) in [5, 5.41) is 40.5. The van der Waals surface area contributed by atoms with Crippen molar-refractivity contribution >= 4 is 47.6 Å². The number of halogens is 2. The number of aromatic hydroxyl groups is 4. The van der Waals surface area contributed by atoms with Gasteiger partial charge in [0.2, 0.25) is 12.8 Å². The minimum absolute atomic E-state index is 0.00305. The van der Waals surface area contributed by atoms with Gasteiger partial charge in [-0.05, 0) is 67.2 Å². The molecule has 4 N–H and O–H groups in total. The Morgan fingerprint density at radius 2 is 1.57 bits per heavy atom. The molecule has 4 atom stereocenters. The monoisotopic (exact) mass is 670 g/mol. The van der Waals surface area contributed by atoms with Crippen LogP contribution in [0.4, 0.5) is 0 Å². The third kappa shape index (κ3) is 5.49. The zero-order chi connectivity index (χ0) is 32.9. The molecule has 1 saturated heterocycles.